The van der Waals surface area contributed by atoms with Crippen LogP contribution in [0.25, 0.3) is 11.2 Å². The topological polar surface area (TPSA) is 67.7 Å². The summed E-state index contributed by atoms with van der Waals surface area (Å²) in [6.45, 7) is 17.9. The molecule has 0 bridgehead atoms. The van der Waals surface area contributed by atoms with Crippen LogP contribution in [0.1, 0.15) is 58.1 Å². The van der Waals surface area contributed by atoms with Gasteiger partial charge in [-0.05, 0) is 64.4 Å². The SMILES string of the molecule is C=C(C)C[C@@H]1C(CCC(=C)Cc2ccccc2)CC(n2cnc3c(NC)nc(NC(=C)C)nc32)[C@]1(C)F. The summed E-state index contributed by atoms with van der Waals surface area (Å²) in [7, 11) is 1.79. The first-order valence-corrected chi connectivity index (χ1v) is 13.0. The molecule has 1 aliphatic carbocycles. The second-order valence-corrected chi connectivity index (χ2v) is 10.8. The molecule has 7 heteroatoms. The smallest absolute Gasteiger partial charge is 0.231 e. The standard InChI is InChI=1S/C30H39FN6/c1-19(2)15-24-23(14-13-21(5)16-22-11-9-8-10-12-22)17-25(30(24,6)31)37-18-33-26-27(32-7)35-29(34-20(3)4)36-28(26)37/h8-12,18,23-25H,1,3,5,13-17H2,2,4,6-7H3,(H2,32,34,35,36)/t23?,24-,25?,30-/m1/s1. The molecule has 1 fully saturated rings. The Morgan fingerprint density at radius 1 is 1.16 bits per heavy atom. The summed E-state index contributed by atoms with van der Waals surface area (Å²) in [5.41, 5.74) is 3.95. The van der Waals surface area contributed by atoms with Gasteiger partial charge in [-0.2, -0.15) is 9.97 Å². The number of halogens is 1. The molecule has 4 atom stereocenters. The number of imidazole rings is 1. The molecule has 3 aromatic rings. The number of anilines is 2. The minimum Gasteiger partial charge on any atom is -0.371 e. The number of nitrogens with zero attached hydrogens (tertiary/aromatic N) is 4. The minimum atomic E-state index is -1.45. The van der Waals surface area contributed by atoms with Crippen molar-refractivity contribution >= 4 is 22.9 Å². The first-order valence-electron chi connectivity index (χ1n) is 13.0. The van der Waals surface area contributed by atoms with Gasteiger partial charge in [-0.3, -0.25) is 0 Å². The number of hydrogen-bond donors (Lipinski definition) is 2. The predicted molar refractivity (Wildman–Crippen MR) is 151 cm³/mol. The van der Waals surface area contributed by atoms with Gasteiger partial charge in [0, 0.05) is 18.7 Å². The molecule has 0 radical (unpaired) electrons. The number of nitrogens with one attached hydrogen (secondary N) is 2. The molecule has 2 aromatic heterocycles. The average Bonchev–Trinajstić information content (AvgIpc) is 3.35. The monoisotopic (exact) mass is 502 g/mol. The summed E-state index contributed by atoms with van der Waals surface area (Å²) < 4.78 is 18.7. The van der Waals surface area contributed by atoms with Gasteiger partial charge >= 0.3 is 0 Å². The summed E-state index contributed by atoms with van der Waals surface area (Å²) >= 11 is 0. The van der Waals surface area contributed by atoms with E-state index in [1.807, 2.05) is 24.5 Å². The van der Waals surface area contributed by atoms with Crippen molar-refractivity contribution in [3.05, 3.63) is 78.8 Å². The first kappa shape index (κ1) is 26.6. The van der Waals surface area contributed by atoms with Crippen LogP contribution in [0.15, 0.2) is 73.2 Å². The van der Waals surface area contributed by atoms with Crippen LogP contribution < -0.4 is 10.6 Å². The van der Waals surface area contributed by atoms with Crippen LogP contribution in [-0.4, -0.2) is 32.2 Å². The lowest BCUT2D eigenvalue weighted by atomic mass is 9.80. The van der Waals surface area contributed by atoms with Crippen molar-refractivity contribution < 1.29 is 4.39 Å². The summed E-state index contributed by atoms with van der Waals surface area (Å²) in [6, 6.07) is 9.99. The van der Waals surface area contributed by atoms with Gasteiger partial charge in [0.2, 0.25) is 5.95 Å². The van der Waals surface area contributed by atoms with Crippen LogP contribution >= 0.6 is 0 Å². The van der Waals surface area contributed by atoms with E-state index in [1.165, 1.54) is 11.1 Å². The molecule has 1 aliphatic rings. The Labute approximate surface area is 219 Å². The van der Waals surface area contributed by atoms with Crippen molar-refractivity contribution in [3.63, 3.8) is 0 Å². The summed E-state index contributed by atoms with van der Waals surface area (Å²) in [4.78, 5) is 13.8. The highest BCUT2D eigenvalue weighted by atomic mass is 19.1. The van der Waals surface area contributed by atoms with Gasteiger partial charge in [-0.1, -0.05) is 54.6 Å². The second kappa shape index (κ2) is 10.9. The van der Waals surface area contributed by atoms with E-state index in [-0.39, 0.29) is 11.8 Å². The molecule has 0 amide bonds. The van der Waals surface area contributed by atoms with E-state index in [4.69, 9.17) is 4.98 Å². The Balaban J connectivity index is 1.62. The normalized spacial score (nSPS) is 23.2. The molecule has 0 aliphatic heterocycles. The lowest BCUT2D eigenvalue weighted by Crippen LogP contribution is -2.34. The molecule has 37 heavy (non-hydrogen) atoms. The molecule has 0 saturated heterocycles. The number of fused-ring (bicyclic) bond motifs is 1. The zero-order valence-electron chi connectivity index (χ0n) is 22.5. The van der Waals surface area contributed by atoms with Crippen LogP contribution in [-0.2, 0) is 6.42 Å². The van der Waals surface area contributed by atoms with Crippen LogP contribution in [0.4, 0.5) is 16.2 Å². The fourth-order valence-electron chi connectivity index (χ4n) is 5.76. The molecule has 2 heterocycles. The van der Waals surface area contributed by atoms with Gasteiger partial charge in [0.15, 0.2) is 17.0 Å². The molecule has 1 saturated carbocycles. The van der Waals surface area contributed by atoms with E-state index in [9.17, 15) is 0 Å². The fraction of sp³-hybridized carbons (Fsp3) is 0.433. The van der Waals surface area contributed by atoms with Crippen molar-refractivity contribution in [2.24, 2.45) is 11.8 Å². The van der Waals surface area contributed by atoms with E-state index < -0.39 is 11.7 Å². The molecule has 6 nitrogen and oxygen atoms in total. The Bertz CT molecular complexity index is 1290. The van der Waals surface area contributed by atoms with E-state index in [0.717, 1.165) is 30.5 Å². The van der Waals surface area contributed by atoms with Crippen LogP contribution in [0.2, 0.25) is 0 Å². The Kier molecular flexibility index (Phi) is 7.81. The van der Waals surface area contributed by atoms with Gasteiger partial charge in [-0.15, -0.1) is 6.58 Å². The number of benzene rings is 1. The molecule has 4 rings (SSSR count). The molecule has 2 unspecified atom stereocenters. The highest BCUT2D eigenvalue weighted by molar-refractivity contribution is 5.84. The fourth-order valence-corrected chi connectivity index (χ4v) is 5.76. The Hall–Kier alpha value is -3.48. The zero-order valence-corrected chi connectivity index (χ0v) is 22.5. The average molecular weight is 503 g/mol. The van der Waals surface area contributed by atoms with E-state index in [0.29, 0.717) is 35.8 Å². The minimum absolute atomic E-state index is 0.143. The lowest BCUT2D eigenvalue weighted by Gasteiger charge is -2.31. The summed E-state index contributed by atoms with van der Waals surface area (Å²) in [5, 5.41) is 6.18. The van der Waals surface area contributed by atoms with E-state index in [1.54, 1.807) is 20.3 Å². The van der Waals surface area contributed by atoms with Crippen LogP contribution in [0.3, 0.4) is 0 Å². The van der Waals surface area contributed by atoms with Crippen molar-refractivity contribution in [2.75, 3.05) is 17.7 Å². The van der Waals surface area contributed by atoms with Crippen LogP contribution in [0.5, 0.6) is 0 Å². The summed E-state index contributed by atoms with van der Waals surface area (Å²) in [5.74, 6) is 1.06. The first-order chi connectivity index (χ1) is 17.6. The number of hydrogen-bond acceptors (Lipinski definition) is 5. The van der Waals surface area contributed by atoms with Crippen molar-refractivity contribution in [1.82, 2.24) is 19.5 Å². The third kappa shape index (κ3) is 5.76. The van der Waals surface area contributed by atoms with Gasteiger partial charge < -0.3 is 15.2 Å². The molecule has 0 spiro atoms. The molecule has 196 valence electrons. The Morgan fingerprint density at radius 2 is 1.89 bits per heavy atom. The molecular formula is C30H39FN6. The van der Waals surface area contributed by atoms with Crippen molar-refractivity contribution in [3.8, 4) is 0 Å². The number of aromatic nitrogens is 4. The predicted octanol–water partition coefficient (Wildman–Crippen LogP) is 7.26. The number of alkyl halides is 1. The maximum Gasteiger partial charge on any atom is 0.231 e. The third-order valence-corrected chi connectivity index (χ3v) is 7.52. The third-order valence-electron chi connectivity index (χ3n) is 7.52. The quantitative estimate of drug-likeness (QED) is 0.270. The summed E-state index contributed by atoms with van der Waals surface area (Å²) in [6.07, 6.45) is 5.69. The maximum absolute atomic E-state index is 16.8. The molecule has 1 aromatic carbocycles. The zero-order chi connectivity index (χ0) is 26.7. The molecular weight excluding hydrogens is 463 g/mol. The van der Waals surface area contributed by atoms with Crippen LogP contribution in [0, 0.1) is 11.8 Å². The van der Waals surface area contributed by atoms with Crippen molar-refractivity contribution in [1.29, 1.82) is 0 Å². The van der Waals surface area contributed by atoms with Gasteiger partial charge in [-0.25, -0.2) is 9.37 Å². The van der Waals surface area contributed by atoms with E-state index >= 15 is 4.39 Å². The largest absolute Gasteiger partial charge is 0.371 e. The number of rotatable bonds is 11. The number of allylic oxidation sites excluding steroid dienone is 3. The lowest BCUT2D eigenvalue weighted by molar-refractivity contribution is 0.0756. The molecule has 2 N–H and O–H groups in total. The van der Waals surface area contributed by atoms with Gasteiger partial charge in [0.05, 0.1) is 12.4 Å². The Morgan fingerprint density at radius 3 is 2.54 bits per heavy atom. The maximum atomic E-state index is 16.8. The highest BCUT2D eigenvalue weighted by Gasteiger charge is 2.53. The van der Waals surface area contributed by atoms with Gasteiger partial charge in [0.25, 0.3) is 0 Å². The highest BCUT2D eigenvalue weighted by Crippen LogP contribution is 2.54. The second-order valence-electron chi connectivity index (χ2n) is 10.8. The van der Waals surface area contributed by atoms with E-state index in [2.05, 4.69) is 64.6 Å². The van der Waals surface area contributed by atoms with Gasteiger partial charge in [0.1, 0.15) is 5.67 Å². The van der Waals surface area contributed by atoms with Crippen molar-refractivity contribution in [2.45, 2.75) is 64.6 Å².